The standard InChI is InChI=1S/C11H17NO2S/c1-8-4-6-10(7-5-8)11(12)9(2)15(3,13)14/h4-7,9,11H,12H2,1-3H3/t9-,11-/m0/s1. The molecular weight excluding hydrogens is 210 g/mol. The van der Waals surface area contributed by atoms with Gasteiger partial charge in [0.25, 0.3) is 0 Å². The molecule has 0 aromatic heterocycles. The smallest absolute Gasteiger partial charge is 0.151 e. The van der Waals surface area contributed by atoms with E-state index in [0.29, 0.717) is 0 Å². The molecule has 2 N–H and O–H groups in total. The van der Waals surface area contributed by atoms with Gasteiger partial charge in [0, 0.05) is 12.3 Å². The Bertz CT molecular complexity index is 422. The Morgan fingerprint density at radius 2 is 1.67 bits per heavy atom. The number of sulfone groups is 1. The van der Waals surface area contributed by atoms with Crippen molar-refractivity contribution >= 4 is 9.84 Å². The van der Waals surface area contributed by atoms with Crippen LogP contribution in [0.1, 0.15) is 24.1 Å². The summed E-state index contributed by atoms with van der Waals surface area (Å²) in [6.45, 7) is 3.62. The number of rotatable bonds is 3. The maximum absolute atomic E-state index is 11.3. The van der Waals surface area contributed by atoms with Gasteiger partial charge in [-0.1, -0.05) is 29.8 Å². The van der Waals surface area contributed by atoms with Gasteiger partial charge < -0.3 is 5.73 Å². The maximum atomic E-state index is 11.3. The Labute approximate surface area is 91.2 Å². The van der Waals surface area contributed by atoms with E-state index in [1.807, 2.05) is 31.2 Å². The highest BCUT2D eigenvalue weighted by atomic mass is 32.2. The highest BCUT2D eigenvalue weighted by molar-refractivity contribution is 7.91. The third-order valence-corrected chi connectivity index (χ3v) is 4.29. The molecule has 0 saturated heterocycles. The Morgan fingerprint density at radius 1 is 1.20 bits per heavy atom. The molecule has 0 saturated carbocycles. The highest BCUT2D eigenvalue weighted by Crippen LogP contribution is 2.19. The van der Waals surface area contributed by atoms with Gasteiger partial charge in [0.1, 0.15) is 0 Å². The minimum absolute atomic E-state index is 0.458. The van der Waals surface area contributed by atoms with Crippen LogP contribution in [-0.4, -0.2) is 19.9 Å². The van der Waals surface area contributed by atoms with E-state index in [-0.39, 0.29) is 0 Å². The summed E-state index contributed by atoms with van der Waals surface area (Å²) in [4.78, 5) is 0. The molecular formula is C11H17NO2S. The van der Waals surface area contributed by atoms with Crippen molar-refractivity contribution in [3.8, 4) is 0 Å². The summed E-state index contributed by atoms with van der Waals surface area (Å²) in [6, 6.07) is 7.16. The first-order chi connectivity index (χ1) is 6.82. The van der Waals surface area contributed by atoms with E-state index in [4.69, 9.17) is 5.73 Å². The van der Waals surface area contributed by atoms with Crippen LogP contribution in [0, 0.1) is 6.92 Å². The lowest BCUT2D eigenvalue weighted by atomic mass is 10.0. The summed E-state index contributed by atoms with van der Waals surface area (Å²) in [5.74, 6) is 0. The van der Waals surface area contributed by atoms with Crippen LogP contribution in [0.2, 0.25) is 0 Å². The number of aryl methyl sites for hydroxylation is 1. The van der Waals surface area contributed by atoms with Gasteiger partial charge in [-0.3, -0.25) is 0 Å². The molecule has 0 spiro atoms. The molecule has 0 aliphatic carbocycles. The number of nitrogens with two attached hydrogens (primary N) is 1. The molecule has 0 heterocycles. The highest BCUT2D eigenvalue weighted by Gasteiger charge is 2.23. The van der Waals surface area contributed by atoms with Crippen LogP contribution in [-0.2, 0) is 9.84 Å². The normalized spacial score (nSPS) is 16.0. The van der Waals surface area contributed by atoms with Crippen LogP contribution in [0.5, 0.6) is 0 Å². The second-order valence-corrected chi connectivity index (χ2v) is 6.37. The molecule has 0 aliphatic heterocycles. The molecule has 1 rings (SSSR count). The van der Waals surface area contributed by atoms with Crippen LogP contribution in [0.3, 0.4) is 0 Å². The summed E-state index contributed by atoms with van der Waals surface area (Å²) in [7, 11) is -3.09. The lowest BCUT2D eigenvalue weighted by Gasteiger charge is -2.18. The number of benzene rings is 1. The second kappa shape index (κ2) is 4.33. The predicted octanol–water partition coefficient (Wildman–Crippen LogP) is 1.43. The topological polar surface area (TPSA) is 60.2 Å². The Hall–Kier alpha value is -0.870. The summed E-state index contributed by atoms with van der Waals surface area (Å²) in [5, 5.41) is -0.555. The van der Waals surface area contributed by atoms with Crippen LogP contribution in [0.15, 0.2) is 24.3 Å². The Balaban J connectivity index is 2.95. The van der Waals surface area contributed by atoms with Crippen molar-refractivity contribution in [1.82, 2.24) is 0 Å². The van der Waals surface area contributed by atoms with Crippen LogP contribution >= 0.6 is 0 Å². The van der Waals surface area contributed by atoms with E-state index in [0.717, 1.165) is 11.1 Å². The molecule has 3 nitrogen and oxygen atoms in total. The molecule has 1 aromatic rings. The molecule has 2 atom stereocenters. The summed E-state index contributed by atoms with van der Waals surface area (Å²) < 4.78 is 22.7. The Morgan fingerprint density at radius 3 is 2.07 bits per heavy atom. The zero-order chi connectivity index (χ0) is 11.6. The SMILES string of the molecule is Cc1ccc([C@@H](N)[C@H](C)S(C)(=O)=O)cc1. The van der Waals surface area contributed by atoms with Crippen molar-refractivity contribution in [3.05, 3.63) is 35.4 Å². The quantitative estimate of drug-likeness (QED) is 0.849. The summed E-state index contributed by atoms with van der Waals surface area (Å²) in [5.41, 5.74) is 7.89. The van der Waals surface area contributed by atoms with E-state index in [2.05, 4.69) is 0 Å². The zero-order valence-corrected chi connectivity index (χ0v) is 10.1. The van der Waals surface area contributed by atoms with Crippen molar-refractivity contribution in [1.29, 1.82) is 0 Å². The average Bonchev–Trinajstić information content (AvgIpc) is 2.15. The van der Waals surface area contributed by atoms with Gasteiger partial charge in [-0.15, -0.1) is 0 Å². The first kappa shape index (κ1) is 12.2. The van der Waals surface area contributed by atoms with Gasteiger partial charge in [-0.25, -0.2) is 8.42 Å². The fourth-order valence-electron chi connectivity index (χ4n) is 1.33. The van der Waals surface area contributed by atoms with Gasteiger partial charge in [0.15, 0.2) is 9.84 Å². The molecule has 0 amide bonds. The van der Waals surface area contributed by atoms with E-state index in [9.17, 15) is 8.42 Å². The van der Waals surface area contributed by atoms with E-state index >= 15 is 0 Å². The van der Waals surface area contributed by atoms with Gasteiger partial charge >= 0.3 is 0 Å². The third-order valence-electron chi connectivity index (χ3n) is 2.64. The fourth-order valence-corrected chi connectivity index (χ4v) is 2.02. The van der Waals surface area contributed by atoms with Crippen LogP contribution < -0.4 is 5.73 Å². The van der Waals surface area contributed by atoms with Gasteiger partial charge in [-0.05, 0) is 19.4 Å². The van der Waals surface area contributed by atoms with Gasteiger partial charge in [-0.2, -0.15) is 0 Å². The van der Waals surface area contributed by atoms with Crippen molar-refractivity contribution in [2.45, 2.75) is 25.1 Å². The number of hydrogen-bond acceptors (Lipinski definition) is 3. The largest absolute Gasteiger partial charge is 0.323 e. The zero-order valence-electron chi connectivity index (χ0n) is 9.27. The van der Waals surface area contributed by atoms with E-state index < -0.39 is 21.1 Å². The molecule has 0 bridgehead atoms. The molecule has 4 heteroatoms. The lowest BCUT2D eigenvalue weighted by Crippen LogP contribution is -2.30. The molecule has 84 valence electrons. The predicted molar refractivity (Wildman–Crippen MR) is 62.4 cm³/mol. The second-order valence-electron chi connectivity index (χ2n) is 3.97. The lowest BCUT2D eigenvalue weighted by molar-refractivity contribution is 0.571. The maximum Gasteiger partial charge on any atom is 0.151 e. The molecule has 1 aromatic carbocycles. The minimum atomic E-state index is -3.09. The van der Waals surface area contributed by atoms with Crippen molar-refractivity contribution < 1.29 is 8.42 Å². The molecule has 0 fully saturated rings. The first-order valence-electron chi connectivity index (χ1n) is 4.83. The van der Waals surface area contributed by atoms with Crippen molar-refractivity contribution in [2.75, 3.05) is 6.26 Å². The number of hydrogen-bond donors (Lipinski definition) is 1. The van der Waals surface area contributed by atoms with Gasteiger partial charge in [0.05, 0.1) is 5.25 Å². The van der Waals surface area contributed by atoms with E-state index in [1.165, 1.54) is 6.26 Å². The molecule has 0 radical (unpaired) electrons. The minimum Gasteiger partial charge on any atom is -0.323 e. The average molecular weight is 227 g/mol. The molecule has 15 heavy (non-hydrogen) atoms. The first-order valence-corrected chi connectivity index (χ1v) is 6.79. The summed E-state index contributed by atoms with van der Waals surface area (Å²) >= 11 is 0. The molecule has 0 unspecified atom stereocenters. The Kier molecular flexibility index (Phi) is 3.52. The monoisotopic (exact) mass is 227 g/mol. The fraction of sp³-hybridized carbons (Fsp3) is 0.455. The van der Waals surface area contributed by atoms with Crippen LogP contribution in [0.4, 0.5) is 0 Å². The van der Waals surface area contributed by atoms with Crippen LogP contribution in [0.25, 0.3) is 0 Å². The van der Waals surface area contributed by atoms with Gasteiger partial charge in [0.2, 0.25) is 0 Å². The molecule has 0 aliphatic rings. The van der Waals surface area contributed by atoms with E-state index in [1.54, 1.807) is 6.92 Å². The van der Waals surface area contributed by atoms with Crippen molar-refractivity contribution in [2.24, 2.45) is 5.73 Å². The summed E-state index contributed by atoms with van der Waals surface area (Å²) in [6.07, 6.45) is 1.21. The third kappa shape index (κ3) is 3.04. The van der Waals surface area contributed by atoms with Crippen molar-refractivity contribution in [3.63, 3.8) is 0 Å².